The van der Waals surface area contributed by atoms with Crippen LogP contribution in [0.15, 0.2) is 30.3 Å². The second kappa shape index (κ2) is 5.73. The molecule has 1 fully saturated rings. The molecule has 1 atom stereocenters. The molecule has 0 unspecified atom stereocenters. The van der Waals surface area contributed by atoms with E-state index >= 15 is 0 Å². The summed E-state index contributed by atoms with van der Waals surface area (Å²) >= 11 is 1.42. The Morgan fingerprint density at radius 2 is 2.19 bits per heavy atom. The van der Waals surface area contributed by atoms with Gasteiger partial charge in [-0.1, -0.05) is 18.2 Å². The summed E-state index contributed by atoms with van der Waals surface area (Å²) in [4.78, 5) is 25.5. The van der Waals surface area contributed by atoms with Gasteiger partial charge in [0.1, 0.15) is 11.5 Å². The highest BCUT2D eigenvalue weighted by molar-refractivity contribution is 7.20. The molecule has 2 N–H and O–H groups in total. The number of esters is 1. The van der Waals surface area contributed by atoms with E-state index in [-0.39, 0.29) is 18.6 Å². The number of carbonyl (C=O) groups is 2. The van der Waals surface area contributed by atoms with Crippen molar-refractivity contribution < 1.29 is 14.3 Å². The van der Waals surface area contributed by atoms with Crippen LogP contribution >= 0.6 is 11.3 Å². The minimum atomic E-state index is -0.449. The van der Waals surface area contributed by atoms with E-state index in [1.54, 1.807) is 4.90 Å². The zero-order chi connectivity index (χ0) is 14.8. The zero-order valence-electron chi connectivity index (χ0n) is 11.5. The third-order valence-corrected chi connectivity index (χ3v) is 4.79. The fourth-order valence-corrected chi connectivity index (χ4v) is 3.58. The van der Waals surface area contributed by atoms with Crippen LogP contribution in [0.1, 0.15) is 22.5 Å². The van der Waals surface area contributed by atoms with Crippen LogP contribution < -0.4 is 5.73 Å². The molecular weight excluding hydrogens is 288 g/mol. The van der Waals surface area contributed by atoms with E-state index in [0.717, 1.165) is 22.9 Å². The summed E-state index contributed by atoms with van der Waals surface area (Å²) < 4.78 is 6.40. The van der Waals surface area contributed by atoms with Gasteiger partial charge in [-0.25, -0.2) is 9.59 Å². The summed E-state index contributed by atoms with van der Waals surface area (Å²) in [5.74, 6) is -0.340. The maximum Gasteiger partial charge on any atom is 0.348 e. The Kier molecular flexibility index (Phi) is 3.79. The van der Waals surface area contributed by atoms with Crippen molar-refractivity contribution in [2.24, 2.45) is 5.73 Å². The van der Waals surface area contributed by atoms with E-state index in [2.05, 4.69) is 0 Å². The van der Waals surface area contributed by atoms with Crippen LogP contribution in [0.5, 0.6) is 0 Å². The van der Waals surface area contributed by atoms with Gasteiger partial charge in [-0.2, -0.15) is 0 Å². The molecule has 6 heteroatoms. The van der Waals surface area contributed by atoms with Crippen LogP contribution in [0, 0.1) is 0 Å². The van der Waals surface area contributed by atoms with Gasteiger partial charge < -0.3 is 15.4 Å². The molecule has 3 rings (SSSR count). The van der Waals surface area contributed by atoms with Crippen molar-refractivity contribution in [3.05, 3.63) is 35.2 Å². The number of nitrogens with zero attached hydrogens (tertiary/aromatic N) is 1. The lowest BCUT2D eigenvalue weighted by molar-refractivity contribution is 0.0428. The Bertz CT molecular complexity index is 649. The Labute approximate surface area is 126 Å². The molecule has 1 aliphatic rings. The number of likely N-dealkylation sites (tertiary alicyclic amines) is 1. The van der Waals surface area contributed by atoms with Crippen LogP contribution in [-0.4, -0.2) is 36.1 Å². The molecule has 0 spiro atoms. The van der Waals surface area contributed by atoms with Crippen LogP contribution in [-0.2, 0) is 4.74 Å². The lowest BCUT2D eigenvalue weighted by Crippen LogP contribution is -2.41. The van der Waals surface area contributed by atoms with Crippen molar-refractivity contribution in [2.45, 2.75) is 18.9 Å². The quantitative estimate of drug-likeness (QED) is 0.886. The second-order valence-corrected chi connectivity index (χ2v) is 6.16. The van der Waals surface area contributed by atoms with Crippen molar-refractivity contribution in [1.29, 1.82) is 0 Å². The molecule has 2 heterocycles. The highest BCUT2D eigenvalue weighted by atomic mass is 32.1. The molecule has 0 radical (unpaired) electrons. The van der Waals surface area contributed by atoms with E-state index < -0.39 is 6.03 Å². The third-order valence-electron chi connectivity index (χ3n) is 3.69. The number of urea groups is 1. The number of fused-ring (bicyclic) bond motifs is 1. The highest BCUT2D eigenvalue weighted by Gasteiger charge is 2.28. The summed E-state index contributed by atoms with van der Waals surface area (Å²) in [7, 11) is 0. The zero-order valence-corrected chi connectivity index (χ0v) is 12.3. The van der Waals surface area contributed by atoms with E-state index in [4.69, 9.17) is 10.5 Å². The number of benzene rings is 1. The van der Waals surface area contributed by atoms with Gasteiger partial charge in [0, 0.05) is 11.2 Å². The number of thiophene rings is 1. The van der Waals surface area contributed by atoms with Crippen molar-refractivity contribution in [3.8, 4) is 0 Å². The molecular formula is C15H16N2O3S. The molecule has 1 aromatic heterocycles. The van der Waals surface area contributed by atoms with Gasteiger partial charge in [-0.05, 0) is 30.4 Å². The average molecular weight is 304 g/mol. The number of rotatable bonds is 3. The minimum absolute atomic E-state index is 0.0965. The number of primary amides is 1. The molecule has 2 amide bonds. The highest BCUT2D eigenvalue weighted by Crippen LogP contribution is 2.26. The maximum absolute atomic E-state index is 12.1. The summed E-state index contributed by atoms with van der Waals surface area (Å²) in [6, 6.07) is 9.11. The topological polar surface area (TPSA) is 72.6 Å². The van der Waals surface area contributed by atoms with Crippen LogP contribution in [0.4, 0.5) is 4.79 Å². The largest absolute Gasteiger partial charge is 0.459 e. The van der Waals surface area contributed by atoms with E-state index in [9.17, 15) is 9.59 Å². The second-order valence-electron chi connectivity index (χ2n) is 5.07. The molecule has 21 heavy (non-hydrogen) atoms. The van der Waals surface area contributed by atoms with Gasteiger partial charge in [0.15, 0.2) is 0 Å². The molecule has 0 bridgehead atoms. The van der Waals surface area contributed by atoms with Crippen LogP contribution in [0.3, 0.4) is 0 Å². The van der Waals surface area contributed by atoms with Gasteiger partial charge >= 0.3 is 12.0 Å². The molecule has 5 nitrogen and oxygen atoms in total. The first kappa shape index (κ1) is 13.9. The first-order valence-electron chi connectivity index (χ1n) is 6.87. The van der Waals surface area contributed by atoms with Gasteiger partial charge in [0.05, 0.1) is 6.04 Å². The van der Waals surface area contributed by atoms with E-state index in [1.807, 2.05) is 30.3 Å². The molecule has 0 aliphatic carbocycles. The predicted octanol–water partition coefficient (Wildman–Crippen LogP) is 2.60. The summed E-state index contributed by atoms with van der Waals surface area (Å²) in [5, 5.41) is 1.04. The molecule has 1 saturated heterocycles. The fourth-order valence-electron chi connectivity index (χ4n) is 2.62. The number of nitrogens with two attached hydrogens (primary N) is 1. The lowest BCUT2D eigenvalue weighted by Gasteiger charge is -2.21. The van der Waals surface area contributed by atoms with Crippen LogP contribution in [0.2, 0.25) is 0 Å². The standard InChI is InChI=1S/C15H16N2O3S/c16-15(19)17-7-3-5-11(17)9-20-14(18)13-8-10-4-1-2-6-12(10)21-13/h1-2,4,6,8,11H,3,5,7,9H2,(H2,16,19)/t11-/m1/s1. The number of hydrogen-bond donors (Lipinski definition) is 1. The van der Waals surface area contributed by atoms with Gasteiger partial charge in [0.2, 0.25) is 0 Å². The molecule has 1 aromatic carbocycles. The molecule has 1 aliphatic heterocycles. The smallest absolute Gasteiger partial charge is 0.348 e. The number of carbonyl (C=O) groups excluding carboxylic acids is 2. The monoisotopic (exact) mass is 304 g/mol. The van der Waals surface area contributed by atoms with Gasteiger partial charge in [-0.3, -0.25) is 0 Å². The SMILES string of the molecule is NC(=O)N1CCC[C@@H]1COC(=O)c1cc2ccccc2s1. The summed E-state index contributed by atoms with van der Waals surface area (Å²) in [5.41, 5.74) is 5.31. The molecule has 110 valence electrons. The number of amides is 2. The van der Waals surface area contributed by atoms with E-state index in [0.29, 0.717) is 11.4 Å². The van der Waals surface area contributed by atoms with Crippen molar-refractivity contribution in [3.63, 3.8) is 0 Å². The predicted molar refractivity (Wildman–Crippen MR) is 81.4 cm³/mol. The maximum atomic E-state index is 12.1. The molecule has 2 aromatic rings. The van der Waals surface area contributed by atoms with Crippen LogP contribution in [0.25, 0.3) is 10.1 Å². The normalized spacial score (nSPS) is 18.1. The molecule has 0 saturated carbocycles. The van der Waals surface area contributed by atoms with Crippen molar-refractivity contribution in [2.75, 3.05) is 13.2 Å². The first-order valence-corrected chi connectivity index (χ1v) is 7.68. The Morgan fingerprint density at radius 3 is 2.95 bits per heavy atom. The van der Waals surface area contributed by atoms with E-state index in [1.165, 1.54) is 11.3 Å². The van der Waals surface area contributed by atoms with Gasteiger partial charge in [0.25, 0.3) is 0 Å². The number of hydrogen-bond acceptors (Lipinski definition) is 4. The fraction of sp³-hybridized carbons (Fsp3) is 0.333. The number of ether oxygens (including phenoxy) is 1. The lowest BCUT2D eigenvalue weighted by atomic mass is 10.2. The van der Waals surface area contributed by atoms with Gasteiger partial charge in [-0.15, -0.1) is 11.3 Å². The third kappa shape index (κ3) is 2.85. The van der Waals surface area contributed by atoms with Crippen molar-refractivity contribution >= 4 is 33.4 Å². The first-order chi connectivity index (χ1) is 10.1. The summed E-state index contributed by atoms with van der Waals surface area (Å²) in [6.07, 6.45) is 1.72. The average Bonchev–Trinajstić information content (AvgIpc) is 3.10. The minimum Gasteiger partial charge on any atom is -0.459 e. The summed E-state index contributed by atoms with van der Waals surface area (Å²) in [6.45, 7) is 0.844. The Hall–Kier alpha value is -2.08. The Morgan fingerprint density at radius 1 is 1.38 bits per heavy atom. The van der Waals surface area contributed by atoms with Crippen molar-refractivity contribution in [1.82, 2.24) is 4.90 Å². The Balaban J connectivity index is 1.65.